The summed E-state index contributed by atoms with van der Waals surface area (Å²) < 4.78 is 5.23. The number of carbonyl (C=O) groups is 2. The molecule has 3 rings (SSSR count). The highest BCUT2D eigenvalue weighted by Crippen LogP contribution is 2.25. The topological polar surface area (TPSA) is 78.9 Å². The van der Waals surface area contributed by atoms with E-state index < -0.39 is 6.04 Å². The Kier molecular flexibility index (Phi) is 8.40. The van der Waals surface area contributed by atoms with Crippen molar-refractivity contribution in [1.29, 1.82) is 0 Å². The monoisotopic (exact) mass is 432 g/mol. The highest BCUT2D eigenvalue weighted by atomic mass is 16.5. The van der Waals surface area contributed by atoms with Crippen molar-refractivity contribution in [2.75, 3.05) is 20.3 Å². The van der Waals surface area contributed by atoms with Gasteiger partial charge in [-0.3, -0.25) is 9.59 Å². The standard InChI is InChI=1S/C26H28N2O4/c1-32-23-14-12-21(13-15-23)19-28(24(30)18-20-8-4-2-5-9-20)25(26(31)27-16-17-29)22-10-6-3-7-11-22/h2-15,25,29H,16-19H2,1H3,(H,27,31)/t25-/m0/s1. The van der Waals surface area contributed by atoms with E-state index in [9.17, 15) is 14.7 Å². The minimum absolute atomic E-state index is 0.116. The smallest absolute Gasteiger partial charge is 0.247 e. The van der Waals surface area contributed by atoms with E-state index in [2.05, 4.69) is 5.32 Å². The van der Waals surface area contributed by atoms with E-state index in [-0.39, 0.29) is 37.9 Å². The SMILES string of the molecule is COc1ccc(CN(C(=O)Cc2ccccc2)[C@H](C(=O)NCCO)c2ccccc2)cc1. The molecule has 1 atom stereocenters. The van der Waals surface area contributed by atoms with Crippen LogP contribution in [0.5, 0.6) is 5.75 Å². The molecule has 0 spiro atoms. The molecule has 166 valence electrons. The van der Waals surface area contributed by atoms with Crippen LogP contribution in [0.15, 0.2) is 84.9 Å². The van der Waals surface area contributed by atoms with E-state index in [4.69, 9.17) is 4.74 Å². The first kappa shape index (κ1) is 23.0. The summed E-state index contributed by atoms with van der Waals surface area (Å²) in [5.74, 6) is 0.219. The minimum atomic E-state index is -0.832. The van der Waals surface area contributed by atoms with Crippen molar-refractivity contribution in [3.63, 3.8) is 0 Å². The molecule has 3 aromatic carbocycles. The number of hydrogen-bond donors (Lipinski definition) is 2. The second-order valence-corrected chi connectivity index (χ2v) is 7.36. The van der Waals surface area contributed by atoms with Gasteiger partial charge < -0.3 is 20.1 Å². The summed E-state index contributed by atoms with van der Waals surface area (Å²) in [6.45, 7) is 0.191. The molecule has 2 N–H and O–H groups in total. The fourth-order valence-corrected chi connectivity index (χ4v) is 3.51. The lowest BCUT2D eigenvalue weighted by molar-refractivity contribution is -0.141. The number of hydrogen-bond acceptors (Lipinski definition) is 4. The van der Waals surface area contributed by atoms with Crippen LogP contribution < -0.4 is 10.1 Å². The van der Waals surface area contributed by atoms with Crippen LogP contribution in [0.3, 0.4) is 0 Å². The van der Waals surface area contributed by atoms with Gasteiger partial charge in [0, 0.05) is 13.1 Å². The molecule has 0 aromatic heterocycles. The van der Waals surface area contributed by atoms with Gasteiger partial charge in [0.25, 0.3) is 0 Å². The van der Waals surface area contributed by atoms with Gasteiger partial charge in [0.2, 0.25) is 11.8 Å². The van der Waals surface area contributed by atoms with Gasteiger partial charge in [-0.25, -0.2) is 0 Å². The van der Waals surface area contributed by atoms with Crippen LogP contribution >= 0.6 is 0 Å². The number of carbonyl (C=O) groups excluding carboxylic acids is 2. The molecule has 32 heavy (non-hydrogen) atoms. The Balaban J connectivity index is 1.97. The summed E-state index contributed by atoms with van der Waals surface area (Å²) in [6, 6.07) is 25.3. The summed E-state index contributed by atoms with van der Waals surface area (Å²) in [5.41, 5.74) is 2.46. The summed E-state index contributed by atoms with van der Waals surface area (Å²) in [4.78, 5) is 28.3. The number of nitrogens with zero attached hydrogens (tertiary/aromatic N) is 1. The van der Waals surface area contributed by atoms with E-state index in [0.717, 1.165) is 16.9 Å². The molecular weight excluding hydrogens is 404 g/mol. The zero-order valence-electron chi connectivity index (χ0n) is 18.1. The molecule has 0 saturated heterocycles. The quantitative estimate of drug-likeness (QED) is 0.516. The number of amides is 2. The Morgan fingerprint density at radius 2 is 1.53 bits per heavy atom. The van der Waals surface area contributed by atoms with Gasteiger partial charge in [-0.05, 0) is 28.8 Å². The molecule has 3 aromatic rings. The molecule has 0 aliphatic rings. The summed E-state index contributed by atoms with van der Waals surface area (Å²) >= 11 is 0. The van der Waals surface area contributed by atoms with Gasteiger partial charge in [-0.2, -0.15) is 0 Å². The number of aliphatic hydroxyl groups excluding tert-OH is 1. The number of benzene rings is 3. The Hall–Kier alpha value is -3.64. The molecule has 0 fully saturated rings. The van der Waals surface area contributed by atoms with Crippen LogP contribution in [0.1, 0.15) is 22.7 Å². The lowest BCUT2D eigenvalue weighted by Gasteiger charge is -2.32. The van der Waals surface area contributed by atoms with Crippen LogP contribution in [0.2, 0.25) is 0 Å². The van der Waals surface area contributed by atoms with Crippen LogP contribution in [0.25, 0.3) is 0 Å². The highest BCUT2D eigenvalue weighted by molar-refractivity contribution is 5.89. The molecule has 6 nitrogen and oxygen atoms in total. The van der Waals surface area contributed by atoms with Crippen molar-refractivity contribution in [3.05, 3.63) is 102 Å². The van der Waals surface area contributed by atoms with Gasteiger partial charge in [0.1, 0.15) is 11.8 Å². The van der Waals surface area contributed by atoms with Gasteiger partial charge in [-0.1, -0.05) is 72.8 Å². The Bertz CT molecular complexity index is 991. The lowest BCUT2D eigenvalue weighted by atomic mass is 10.0. The van der Waals surface area contributed by atoms with Gasteiger partial charge >= 0.3 is 0 Å². The Morgan fingerprint density at radius 3 is 2.12 bits per heavy atom. The minimum Gasteiger partial charge on any atom is -0.497 e. The molecule has 0 radical (unpaired) electrons. The van der Waals surface area contributed by atoms with Crippen LogP contribution in [0.4, 0.5) is 0 Å². The molecule has 0 aliphatic carbocycles. The van der Waals surface area contributed by atoms with Crippen molar-refractivity contribution in [2.45, 2.75) is 19.0 Å². The van der Waals surface area contributed by atoms with Crippen molar-refractivity contribution >= 4 is 11.8 Å². The van der Waals surface area contributed by atoms with Crippen molar-refractivity contribution in [3.8, 4) is 5.75 Å². The second kappa shape index (κ2) is 11.7. The number of aliphatic hydroxyl groups is 1. The zero-order valence-corrected chi connectivity index (χ0v) is 18.1. The normalized spacial score (nSPS) is 11.4. The lowest BCUT2D eigenvalue weighted by Crippen LogP contribution is -2.44. The van der Waals surface area contributed by atoms with E-state index >= 15 is 0 Å². The average molecular weight is 433 g/mol. The number of ether oxygens (including phenoxy) is 1. The fraction of sp³-hybridized carbons (Fsp3) is 0.231. The first-order chi connectivity index (χ1) is 15.6. The maximum Gasteiger partial charge on any atom is 0.247 e. The van der Waals surface area contributed by atoms with E-state index in [1.54, 1.807) is 12.0 Å². The van der Waals surface area contributed by atoms with Gasteiger partial charge in [0.15, 0.2) is 0 Å². The van der Waals surface area contributed by atoms with Crippen LogP contribution in [-0.4, -0.2) is 42.1 Å². The molecule has 0 unspecified atom stereocenters. The van der Waals surface area contributed by atoms with E-state index in [1.165, 1.54) is 0 Å². The fourth-order valence-electron chi connectivity index (χ4n) is 3.51. The summed E-state index contributed by atoms with van der Waals surface area (Å²) in [6.07, 6.45) is 0.174. The third-order valence-electron chi connectivity index (χ3n) is 5.12. The number of rotatable bonds is 10. The second-order valence-electron chi connectivity index (χ2n) is 7.36. The third-order valence-corrected chi connectivity index (χ3v) is 5.12. The predicted molar refractivity (Wildman–Crippen MR) is 123 cm³/mol. The van der Waals surface area contributed by atoms with Crippen molar-refractivity contribution < 1.29 is 19.4 Å². The maximum atomic E-state index is 13.5. The number of methoxy groups -OCH3 is 1. The average Bonchev–Trinajstić information content (AvgIpc) is 2.84. The van der Waals surface area contributed by atoms with Gasteiger partial charge in [0.05, 0.1) is 20.1 Å². The predicted octanol–water partition coefficient (Wildman–Crippen LogP) is 3.12. The summed E-state index contributed by atoms with van der Waals surface area (Å²) in [5, 5.41) is 11.9. The highest BCUT2D eigenvalue weighted by Gasteiger charge is 2.31. The molecule has 2 amide bonds. The first-order valence-corrected chi connectivity index (χ1v) is 10.5. The van der Waals surface area contributed by atoms with Crippen molar-refractivity contribution in [1.82, 2.24) is 10.2 Å². The summed E-state index contributed by atoms with van der Waals surface area (Å²) in [7, 11) is 1.60. The largest absolute Gasteiger partial charge is 0.497 e. The molecule has 0 saturated carbocycles. The van der Waals surface area contributed by atoms with Crippen LogP contribution in [-0.2, 0) is 22.6 Å². The maximum absolute atomic E-state index is 13.5. The molecule has 0 bridgehead atoms. The Labute approximate surface area is 188 Å². The third kappa shape index (κ3) is 6.18. The van der Waals surface area contributed by atoms with Crippen molar-refractivity contribution in [2.24, 2.45) is 0 Å². The zero-order chi connectivity index (χ0) is 22.8. The van der Waals surface area contributed by atoms with E-state index in [0.29, 0.717) is 5.56 Å². The van der Waals surface area contributed by atoms with Gasteiger partial charge in [-0.15, -0.1) is 0 Å². The van der Waals surface area contributed by atoms with Crippen LogP contribution in [0, 0.1) is 0 Å². The Morgan fingerprint density at radius 1 is 0.906 bits per heavy atom. The van der Waals surface area contributed by atoms with E-state index in [1.807, 2.05) is 84.9 Å². The number of nitrogens with one attached hydrogen (secondary N) is 1. The molecule has 6 heteroatoms. The molecule has 0 aliphatic heterocycles. The molecule has 0 heterocycles. The first-order valence-electron chi connectivity index (χ1n) is 10.5. The molecular formula is C26H28N2O4.